The molecule has 0 saturated carbocycles. The van der Waals surface area contributed by atoms with E-state index in [0.717, 1.165) is 22.4 Å². The lowest BCUT2D eigenvalue weighted by atomic mass is 10.1. The number of primary amides is 1. The molecule has 108 valence electrons. The maximum Gasteiger partial charge on any atom is 0.251 e. The molecule has 1 amide bonds. The summed E-state index contributed by atoms with van der Waals surface area (Å²) in [6.45, 7) is 0.770. The summed E-state index contributed by atoms with van der Waals surface area (Å²) >= 11 is 1.58. The maximum atomic E-state index is 13.5. The number of carbonyl (C=O) groups is 1. The van der Waals surface area contributed by atoms with Gasteiger partial charge in [-0.2, -0.15) is 0 Å². The number of benzene rings is 1. The Morgan fingerprint density at radius 3 is 3.00 bits per heavy atom. The zero-order valence-electron chi connectivity index (χ0n) is 11.2. The number of carbonyl (C=O) groups excluding carboxylic acids is 1. The van der Waals surface area contributed by atoms with Crippen LogP contribution >= 0.6 is 11.3 Å². The van der Waals surface area contributed by atoms with Crippen LogP contribution in [0.1, 0.15) is 15.2 Å². The van der Waals surface area contributed by atoms with Crippen LogP contribution in [0.2, 0.25) is 0 Å². The molecule has 0 bridgehead atoms. The maximum absolute atomic E-state index is 13.5. The van der Waals surface area contributed by atoms with E-state index in [-0.39, 0.29) is 5.56 Å². The Balaban J connectivity index is 2.11. The number of amides is 1. The van der Waals surface area contributed by atoms with Crippen LogP contribution in [0.5, 0.6) is 0 Å². The normalized spacial score (nSPS) is 11.1. The summed E-state index contributed by atoms with van der Waals surface area (Å²) in [4.78, 5) is 20.9. The number of imidazole rings is 1. The average Bonchev–Trinajstić information content (AvgIpc) is 3.04. The van der Waals surface area contributed by atoms with Gasteiger partial charge in [0, 0.05) is 11.4 Å². The minimum atomic E-state index is -0.695. The van der Waals surface area contributed by atoms with Crippen molar-refractivity contribution in [1.29, 1.82) is 0 Å². The van der Waals surface area contributed by atoms with Crippen LogP contribution in [0.3, 0.4) is 0 Å². The van der Waals surface area contributed by atoms with E-state index >= 15 is 0 Å². The van der Waals surface area contributed by atoms with Gasteiger partial charge in [-0.05, 0) is 31.3 Å². The molecule has 0 aliphatic rings. The Morgan fingerprint density at radius 2 is 2.29 bits per heavy atom. The number of H-pyrrole nitrogens is 1. The Hall–Kier alpha value is -2.25. The van der Waals surface area contributed by atoms with E-state index in [2.05, 4.69) is 15.3 Å². The minimum Gasteiger partial charge on any atom is -0.366 e. The van der Waals surface area contributed by atoms with Crippen LogP contribution in [-0.4, -0.2) is 22.9 Å². The van der Waals surface area contributed by atoms with Gasteiger partial charge in [-0.15, -0.1) is 11.3 Å². The molecule has 0 saturated heterocycles. The number of nitrogens with one attached hydrogen (secondary N) is 2. The van der Waals surface area contributed by atoms with Crippen LogP contribution in [0.4, 0.5) is 4.39 Å². The molecule has 2 aromatic heterocycles. The number of nitrogens with two attached hydrogens (primary N) is 1. The Morgan fingerprint density at radius 1 is 1.48 bits per heavy atom. The lowest BCUT2D eigenvalue weighted by Crippen LogP contribution is -2.11. The quantitative estimate of drug-likeness (QED) is 0.691. The number of nitrogens with zero attached hydrogens (tertiary/aromatic N) is 1. The standard InChI is InChI=1S/C14H13FN4OS/c1-17-6-8-2-3-11(21-8)14-18-10-5-7(15)4-9(13(16)20)12(10)19-14/h2-5,17H,6H2,1H3,(H2,16,20)(H,18,19). The first-order valence-electron chi connectivity index (χ1n) is 6.31. The molecule has 7 heteroatoms. The second-order valence-electron chi connectivity index (χ2n) is 4.60. The molecule has 0 radical (unpaired) electrons. The predicted octanol–water partition coefficient (Wildman–Crippen LogP) is 2.25. The molecule has 0 aliphatic carbocycles. The summed E-state index contributed by atoms with van der Waals surface area (Å²) < 4.78 is 13.5. The van der Waals surface area contributed by atoms with E-state index in [1.54, 1.807) is 11.3 Å². The van der Waals surface area contributed by atoms with Crippen molar-refractivity contribution in [3.8, 4) is 10.7 Å². The molecular weight excluding hydrogens is 291 g/mol. The van der Waals surface area contributed by atoms with Crippen LogP contribution in [0.15, 0.2) is 24.3 Å². The smallest absolute Gasteiger partial charge is 0.251 e. The van der Waals surface area contributed by atoms with E-state index in [0.29, 0.717) is 16.9 Å². The number of aromatic amines is 1. The summed E-state index contributed by atoms with van der Waals surface area (Å²) in [6, 6.07) is 6.35. The zero-order valence-corrected chi connectivity index (χ0v) is 12.1. The van der Waals surface area contributed by atoms with E-state index < -0.39 is 11.7 Å². The van der Waals surface area contributed by atoms with Crippen molar-refractivity contribution in [2.24, 2.45) is 5.73 Å². The lowest BCUT2D eigenvalue weighted by molar-refractivity contribution is 0.100. The second kappa shape index (κ2) is 5.27. The fraction of sp³-hybridized carbons (Fsp3) is 0.143. The van der Waals surface area contributed by atoms with Crippen LogP contribution < -0.4 is 11.1 Å². The van der Waals surface area contributed by atoms with Gasteiger partial charge in [0.05, 0.1) is 16.0 Å². The van der Waals surface area contributed by atoms with E-state index in [4.69, 9.17) is 5.73 Å². The number of hydrogen-bond acceptors (Lipinski definition) is 4. The topological polar surface area (TPSA) is 83.8 Å². The van der Waals surface area contributed by atoms with Crippen molar-refractivity contribution in [3.63, 3.8) is 0 Å². The Bertz CT molecular complexity index is 824. The minimum absolute atomic E-state index is 0.0829. The van der Waals surface area contributed by atoms with Crippen LogP contribution in [0, 0.1) is 5.82 Å². The fourth-order valence-electron chi connectivity index (χ4n) is 2.16. The highest BCUT2D eigenvalue weighted by molar-refractivity contribution is 7.15. The zero-order chi connectivity index (χ0) is 15.0. The van der Waals surface area contributed by atoms with Crippen molar-refractivity contribution in [3.05, 3.63) is 40.5 Å². The third-order valence-corrected chi connectivity index (χ3v) is 4.15. The third-order valence-electron chi connectivity index (χ3n) is 3.06. The number of fused-ring (bicyclic) bond motifs is 1. The van der Waals surface area contributed by atoms with Crippen molar-refractivity contribution >= 4 is 28.3 Å². The second-order valence-corrected chi connectivity index (χ2v) is 5.76. The number of aromatic nitrogens is 2. The van der Waals surface area contributed by atoms with Gasteiger partial charge in [-0.25, -0.2) is 9.37 Å². The molecule has 4 N–H and O–H groups in total. The van der Waals surface area contributed by atoms with Gasteiger partial charge in [0.25, 0.3) is 5.91 Å². The average molecular weight is 304 g/mol. The van der Waals surface area contributed by atoms with Gasteiger partial charge in [0.15, 0.2) is 0 Å². The molecule has 3 rings (SSSR count). The predicted molar refractivity (Wildman–Crippen MR) is 80.6 cm³/mol. The summed E-state index contributed by atoms with van der Waals surface area (Å²) in [5.74, 6) is -0.612. The number of halogens is 1. The molecular formula is C14H13FN4OS. The van der Waals surface area contributed by atoms with Gasteiger partial charge in [-0.3, -0.25) is 4.79 Å². The van der Waals surface area contributed by atoms with Crippen LogP contribution in [-0.2, 0) is 6.54 Å². The van der Waals surface area contributed by atoms with E-state index in [9.17, 15) is 9.18 Å². The fourth-order valence-corrected chi connectivity index (χ4v) is 3.13. The monoisotopic (exact) mass is 304 g/mol. The summed E-state index contributed by atoms with van der Waals surface area (Å²) in [7, 11) is 1.88. The van der Waals surface area contributed by atoms with Gasteiger partial charge >= 0.3 is 0 Å². The van der Waals surface area contributed by atoms with Gasteiger partial charge in [0.2, 0.25) is 0 Å². The van der Waals surface area contributed by atoms with Gasteiger partial charge in [-0.1, -0.05) is 0 Å². The Kier molecular flexibility index (Phi) is 3.44. The molecule has 0 spiro atoms. The molecule has 2 heterocycles. The van der Waals surface area contributed by atoms with E-state index in [1.165, 1.54) is 6.07 Å². The first kappa shape index (κ1) is 13.7. The molecule has 21 heavy (non-hydrogen) atoms. The SMILES string of the molecule is CNCc1ccc(-c2nc3c(C(N)=O)cc(F)cc3[nH]2)s1. The van der Waals surface area contributed by atoms with Crippen molar-refractivity contribution in [2.75, 3.05) is 7.05 Å². The number of thiophene rings is 1. The van der Waals surface area contributed by atoms with Crippen molar-refractivity contribution in [2.45, 2.75) is 6.54 Å². The number of rotatable bonds is 4. The van der Waals surface area contributed by atoms with Crippen molar-refractivity contribution in [1.82, 2.24) is 15.3 Å². The molecule has 1 aromatic carbocycles. The summed E-state index contributed by atoms with van der Waals surface area (Å²) in [5, 5.41) is 3.08. The summed E-state index contributed by atoms with van der Waals surface area (Å²) in [6.07, 6.45) is 0. The highest BCUT2D eigenvalue weighted by Gasteiger charge is 2.15. The molecule has 0 unspecified atom stereocenters. The van der Waals surface area contributed by atoms with Crippen molar-refractivity contribution < 1.29 is 9.18 Å². The van der Waals surface area contributed by atoms with Gasteiger partial charge in [0.1, 0.15) is 17.2 Å². The van der Waals surface area contributed by atoms with Crippen LogP contribution in [0.25, 0.3) is 21.7 Å². The Labute approximate surface area is 124 Å². The molecule has 0 fully saturated rings. The molecule has 3 aromatic rings. The lowest BCUT2D eigenvalue weighted by Gasteiger charge is -1.96. The first-order valence-corrected chi connectivity index (χ1v) is 7.13. The molecule has 5 nitrogen and oxygen atoms in total. The largest absolute Gasteiger partial charge is 0.366 e. The third kappa shape index (κ3) is 2.53. The molecule has 0 aliphatic heterocycles. The van der Waals surface area contributed by atoms with Gasteiger partial charge < -0.3 is 16.0 Å². The summed E-state index contributed by atoms with van der Waals surface area (Å²) in [5.41, 5.74) is 6.21. The van der Waals surface area contributed by atoms with E-state index in [1.807, 2.05) is 19.2 Å². The highest BCUT2D eigenvalue weighted by atomic mass is 32.1. The first-order chi connectivity index (χ1) is 10.1. The molecule has 0 atom stereocenters. The number of hydrogen-bond donors (Lipinski definition) is 3. The highest BCUT2D eigenvalue weighted by Crippen LogP contribution is 2.29.